The number of aromatic nitrogens is 5. The van der Waals surface area contributed by atoms with Gasteiger partial charge in [0.15, 0.2) is 5.69 Å². The van der Waals surface area contributed by atoms with E-state index in [-0.39, 0.29) is 46.3 Å². The summed E-state index contributed by atoms with van der Waals surface area (Å²) in [6, 6.07) is 3.75. The van der Waals surface area contributed by atoms with Gasteiger partial charge in [-0.1, -0.05) is 46.8 Å². The number of carbonyl (C=O) groups is 1. The molecular weight excluding hydrogens is 526 g/mol. The predicted molar refractivity (Wildman–Crippen MR) is 148 cm³/mol. The van der Waals surface area contributed by atoms with E-state index in [1.165, 1.54) is 4.68 Å². The molecule has 1 amide bonds. The molecule has 0 radical (unpaired) electrons. The van der Waals surface area contributed by atoms with Gasteiger partial charge < -0.3 is 15.6 Å². The van der Waals surface area contributed by atoms with Gasteiger partial charge in [-0.05, 0) is 38.8 Å². The molecule has 1 saturated heterocycles. The van der Waals surface area contributed by atoms with E-state index in [4.69, 9.17) is 15.1 Å². The maximum Gasteiger partial charge on any atom is 0.292 e. The van der Waals surface area contributed by atoms with E-state index in [2.05, 4.69) is 36.1 Å². The number of amides is 1. The number of nitrogens with one attached hydrogen (secondary N) is 1. The summed E-state index contributed by atoms with van der Waals surface area (Å²) in [6.45, 7) is 15.2. The van der Waals surface area contributed by atoms with Gasteiger partial charge in [-0.3, -0.25) is 9.69 Å². The summed E-state index contributed by atoms with van der Waals surface area (Å²) >= 11 is 0. The second kappa shape index (κ2) is 11.7. The molecule has 0 aliphatic carbocycles. The Morgan fingerprint density at radius 3 is 2.28 bits per heavy atom. The second-order valence-corrected chi connectivity index (χ2v) is 11.3. The molecule has 2 aromatic heterocycles. The summed E-state index contributed by atoms with van der Waals surface area (Å²) in [5.74, 6) is -0.252. The molecule has 0 unspecified atom stereocenters. The van der Waals surface area contributed by atoms with Crippen molar-refractivity contribution in [3.63, 3.8) is 0 Å². The van der Waals surface area contributed by atoms with Crippen molar-refractivity contribution >= 4 is 30.3 Å². The normalized spacial score (nSPS) is 14.9. The fourth-order valence-corrected chi connectivity index (χ4v) is 4.20. The zero-order valence-corrected chi connectivity index (χ0v) is 23.9. The van der Waals surface area contributed by atoms with Gasteiger partial charge in [-0.2, -0.15) is 9.78 Å². The number of nitrogens with two attached hydrogens (primary N) is 1. The summed E-state index contributed by atoms with van der Waals surface area (Å²) in [5.41, 5.74) is 10.7. The Morgan fingerprint density at radius 1 is 1.13 bits per heavy atom. The Balaban J connectivity index is 0.00000420. The first kappa shape index (κ1) is 30.0. The van der Waals surface area contributed by atoms with E-state index < -0.39 is 5.91 Å². The van der Waals surface area contributed by atoms with Crippen LogP contribution >= 0.6 is 12.4 Å². The minimum atomic E-state index is -0.553. The summed E-state index contributed by atoms with van der Waals surface area (Å²) in [7, 11) is 0. The van der Waals surface area contributed by atoms with Gasteiger partial charge in [0.25, 0.3) is 5.91 Å². The van der Waals surface area contributed by atoms with Gasteiger partial charge in [0.2, 0.25) is 11.6 Å². The second-order valence-electron chi connectivity index (χ2n) is 11.3. The van der Waals surface area contributed by atoms with Crippen molar-refractivity contribution in [2.45, 2.75) is 58.9 Å². The number of carbonyl (C=O) groups excluding carboxylic acids is 1. The van der Waals surface area contributed by atoms with Crippen molar-refractivity contribution in [1.29, 1.82) is 0 Å². The fourth-order valence-electron chi connectivity index (χ4n) is 4.20. The number of halogens is 1. The SMILES string of the molecule is CC(C)(C)c1cc(/C=N/NC(=O)c2c(CN3CCOCC3)nnn2-c2nonc2N)cc(C(C)(C)C)c1O.Cl. The van der Waals surface area contributed by atoms with E-state index in [0.717, 1.165) is 16.7 Å². The number of phenols is 1. The van der Waals surface area contributed by atoms with Crippen LogP contribution in [0.25, 0.3) is 5.82 Å². The number of hydrazone groups is 1. The number of aromatic hydroxyl groups is 1. The van der Waals surface area contributed by atoms with Crippen LogP contribution in [0.1, 0.15) is 74.4 Å². The van der Waals surface area contributed by atoms with Crippen LogP contribution in [-0.4, -0.2) is 73.7 Å². The summed E-state index contributed by atoms with van der Waals surface area (Å²) in [6.07, 6.45) is 1.55. The van der Waals surface area contributed by atoms with Crippen molar-refractivity contribution in [3.8, 4) is 11.6 Å². The number of ether oxygens (including phenoxy) is 1. The van der Waals surface area contributed by atoms with Crippen LogP contribution in [0.4, 0.5) is 5.82 Å². The Morgan fingerprint density at radius 2 is 1.74 bits per heavy atom. The van der Waals surface area contributed by atoms with Gasteiger partial charge in [-0.25, -0.2) is 10.1 Å². The van der Waals surface area contributed by atoms with Crippen LogP contribution < -0.4 is 11.2 Å². The number of morpholine rings is 1. The van der Waals surface area contributed by atoms with Crippen molar-refractivity contribution in [2.75, 3.05) is 32.0 Å². The number of anilines is 1. The molecule has 0 atom stereocenters. The topological polar surface area (TPSA) is 170 Å². The van der Waals surface area contributed by atoms with Crippen LogP contribution in [-0.2, 0) is 22.1 Å². The molecule has 212 valence electrons. The van der Waals surface area contributed by atoms with E-state index in [1.807, 2.05) is 53.7 Å². The van der Waals surface area contributed by atoms with E-state index in [9.17, 15) is 9.90 Å². The third-order valence-corrected chi connectivity index (χ3v) is 6.26. The fraction of sp³-hybridized carbons (Fsp3) is 0.520. The highest BCUT2D eigenvalue weighted by atomic mass is 35.5. The number of nitrogens with zero attached hydrogens (tertiary/aromatic N) is 7. The number of hydrogen-bond acceptors (Lipinski definition) is 11. The molecule has 0 saturated carbocycles. The number of phenolic OH excluding ortho intramolecular Hbond substituents is 1. The highest BCUT2D eigenvalue weighted by Crippen LogP contribution is 2.39. The minimum Gasteiger partial charge on any atom is -0.507 e. The largest absolute Gasteiger partial charge is 0.507 e. The van der Waals surface area contributed by atoms with Crippen LogP contribution in [0, 0.1) is 0 Å². The first-order chi connectivity index (χ1) is 17.9. The van der Waals surface area contributed by atoms with Crippen molar-refractivity contribution in [3.05, 3.63) is 40.2 Å². The molecular formula is C25H36ClN9O4. The molecule has 4 N–H and O–H groups in total. The first-order valence-electron chi connectivity index (χ1n) is 12.4. The molecule has 1 aromatic carbocycles. The lowest BCUT2D eigenvalue weighted by Gasteiger charge is -2.27. The summed E-state index contributed by atoms with van der Waals surface area (Å²) in [5, 5.41) is 30.8. The van der Waals surface area contributed by atoms with Crippen molar-refractivity contribution in [1.82, 2.24) is 35.6 Å². The van der Waals surface area contributed by atoms with Gasteiger partial charge >= 0.3 is 0 Å². The lowest BCUT2D eigenvalue weighted by atomic mass is 9.78. The lowest BCUT2D eigenvalue weighted by molar-refractivity contribution is 0.0335. The molecule has 0 spiro atoms. The lowest BCUT2D eigenvalue weighted by Crippen LogP contribution is -2.36. The zero-order valence-electron chi connectivity index (χ0n) is 23.1. The Labute approximate surface area is 233 Å². The van der Waals surface area contributed by atoms with Crippen LogP contribution in [0.15, 0.2) is 21.9 Å². The maximum atomic E-state index is 13.4. The van der Waals surface area contributed by atoms with E-state index >= 15 is 0 Å². The van der Waals surface area contributed by atoms with Crippen molar-refractivity contribution in [2.24, 2.45) is 5.10 Å². The molecule has 3 heterocycles. The van der Waals surface area contributed by atoms with Gasteiger partial charge in [0, 0.05) is 30.8 Å². The van der Waals surface area contributed by atoms with Crippen LogP contribution in [0.5, 0.6) is 5.75 Å². The Bertz CT molecular complexity index is 1300. The number of nitrogen functional groups attached to an aromatic ring is 1. The molecule has 4 rings (SSSR count). The molecule has 1 fully saturated rings. The molecule has 1 aliphatic heterocycles. The monoisotopic (exact) mass is 561 g/mol. The van der Waals surface area contributed by atoms with E-state index in [1.54, 1.807) is 6.21 Å². The zero-order chi connectivity index (χ0) is 27.7. The van der Waals surface area contributed by atoms with Gasteiger partial charge in [0.05, 0.1) is 19.4 Å². The molecule has 3 aromatic rings. The average molecular weight is 562 g/mol. The standard InChI is InChI=1S/C25H35N9O4.ClH/c1-24(2,3)16-11-15(12-17(20(16)35)25(4,5)6)13-27-29-23(36)19-18(14-33-7-9-37-10-8-33)28-32-34(19)22-21(26)30-38-31-22;/h11-13,35H,7-10,14H2,1-6H3,(H2,26,30)(H,29,36);1H/b27-13+;. The van der Waals surface area contributed by atoms with Crippen molar-refractivity contribution < 1.29 is 19.3 Å². The molecule has 14 heteroatoms. The van der Waals surface area contributed by atoms with Crippen LogP contribution in [0.3, 0.4) is 0 Å². The minimum absolute atomic E-state index is 0. The third-order valence-electron chi connectivity index (χ3n) is 6.26. The first-order valence-corrected chi connectivity index (χ1v) is 12.4. The average Bonchev–Trinajstić information content (AvgIpc) is 3.44. The molecule has 1 aliphatic rings. The third kappa shape index (κ3) is 6.72. The summed E-state index contributed by atoms with van der Waals surface area (Å²) in [4.78, 5) is 15.5. The van der Waals surface area contributed by atoms with E-state index in [0.29, 0.717) is 38.5 Å². The molecule has 0 bridgehead atoms. The predicted octanol–water partition coefficient (Wildman–Crippen LogP) is 2.55. The molecule has 39 heavy (non-hydrogen) atoms. The Kier molecular flexibility index (Phi) is 8.98. The molecule has 13 nitrogen and oxygen atoms in total. The number of benzene rings is 1. The quantitative estimate of drug-likeness (QED) is 0.300. The highest BCUT2D eigenvalue weighted by molar-refractivity contribution is 5.95. The number of rotatable bonds is 6. The summed E-state index contributed by atoms with van der Waals surface area (Å²) < 4.78 is 11.3. The van der Waals surface area contributed by atoms with Crippen LogP contribution in [0.2, 0.25) is 0 Å². The maximum absolute atomic E-state index is 13.4. The van der Waals surface area contributed by atoms with Gasteiger partial charge in [0.1, 0.15) is 11.4 Å². The van der Waals surface area contributed by atoms with Gasteiger partial charge in [-0.15, -0.1) is 17.5 Å². The number of hydrogen-bond donors (Lipinski definition) is 3. The smallest absolute Gasteiger partial charge is 0.292 e. The highest BCUT2D eigenvalue weighted by Gasteiger charge is 2.28. The Hall–Kier alpha value is -3.55.